The van der Waals surface area contributed by atoms with Gasteiger partial charge >= 0.3 is 0 Å². The lowest BCUT2D eigenvalue weighted by atomic mass is 10.1. The summed E-state index contributed by atoms with van der Waals surface area (Å²) in [7, 11) is 0. The van der Waals surface area contributed by atoms with Crippen LogP contribution in [0.5, 0.6) is 0 Å². The number of anilines is 1. The van der Waals surface area contributed by atoms with Gasteiger partial charge in [-0.2, -0.15) is 0 Å². The Labute approximate surface area is 147 Å². The highest BCUT2D eigenvalue weighted by Crippen LogP contribution is 2.22. The largest absolute Gasteiger partial charge is 0.375 e. The maximum Gasteiger partial charge on any atom is 0.250 e. The molecule has 132 valence electrons. The number of pyridine rings is 1. The van der Waals surface area contributed by atoms with E-state index in [0.717, 1.165) is 30.5 Å². The van der Waals surface area contributed by atoms with Crippen molar-refractivity contribution in [3.8, 4) is 0 Å². The second-order valence-electron chi connectivity index (χ2n) is 6.60. The van der Waals surface area contributed by atoms with E-state index < -0.39 is 0 Å². The van der Waals surface area contributed by atoms with E-state index in [0.29, 0.717) is 19.1 Å². The monoisotopic (exact) mass is 340 g/mol. The number of carbonyl (C=O) groups excluding carboxylic acids is 1. The molecule has 1 aromatic carbocycles. The average molecular weight is 340 g/mol. The van der Waals surface area contributed by atoms with E-state index in [-0.39, 0.29) is 17.6 Å². The molecular weight excluding hydrogens is 316 g/mol. The topological polar surface area (TPSA) is 60.3 Å². The quantitative estimate of drug-likeness (QED) is 0.878. The fraction of sp³-hybridized carbons (Fsp3) is 0.400. The molecule has 0 unspecified atom stereocenters. The highest BCUT2D eigenvalue weighted by atomic mass is 16.5. The van der Waals surface area contributed by atoms with Gasteiger partial charge in [0.2, 0.25) is 5.91 Å². The Hall–Kier alpha value is -2.40. The van der Waals surface area contributed by atoms with Crippen molar-refractivity contribution in [2.75, 3.05) is 5.32 Å². The second-order valence-corrected chi connectivity index (χ2v) is 6.60. The van der Waals surface area contributed by atoms with Gasteiger partial charge in [-0.1, -0.05) is 18.2 Å². The van der Waals surface area contributed by atoms with Gasteiger partial charge in [0.25, 0.3) is 5.56 Å². The lowest BCUT2D eigenvalue weighted by molar-refractivity contribution is -0.116. The Morgan fingerprint density at radius 3 is 2.88 bits per heavy atom. The Morgan fingerprint density at radius 1 is 1.24 bits per heavy atom. The number of benzene rings is 1. The van der Waals surface area contributed by atoms with Crippen LogP contribution >= 0.6 is 0 Å². The van der Waals surface area contributed by atoms with E-state index in [4.69, 9.17) is 4.74 Å². The zero-order chi connectivity index (χ0) is 17.6. The van der Waals surface area contributed by atoms with Gasteiger partial charge in [0.05, 0.1) is 18.8 Å². The summed E-state index contributed by atoms with van der Waals surface area (Å²) >= 11 is 0. The number of ether oxygens (including phenoxy) is 1. The summed E-state index contributed by atoms with van der Waals surface area (Å²) in [5.74, 6) is -0.00261. The number of aromatic nitrogens is 1. The number of amides is 1. The van der Waals surface area contributed by atoms with Crippen LogP contribution < -0.4 is 10.9 Å². The number of carbonyl (C=O) groups is 1. The van der Waals surface area contributed by atoms with Gasteiger partial charge in [0, 0.05) is 24.4 Å². The summed E-state index contributed by atoms with van der Waals surface area (Å²) in [6, 6.07) is 12.7. The molecule has 1 saturated heterocycles. The minimum Gasteiger partial charge on any atom is -0.375 e. The molecule has 1 aromatic heterocycles. The van der Waals surface area contributed by atoms with Gasteiger partial charge in [-0.25, -0.2) is 0 Å². The summed E-state index contributed by atoms with van der Waals surface area (Å²) in [6.07, 6.45) is 5.61. The average Bonchev–Trinajstić information content (AvgIpc) is 3.01. The first-order valence-corrected chi connectivity index (χ1v) is 8.80. The van der Waals surface area contributed by atoms with Crippen molar-refractivity contribution in [2.24, 2.45) is 0 Å². The predicted octanol–water partition coefficient (Wildman–Crippen LogP) is 3.18. The van der Waals surface area contributed by atoms with Crippen LogP contribution in [0.15, 0.2) is 53.5 Å². The number of hydrogen-bond acceptors (Lipinski definition) is 3. The van der Waals surface area contributed by atoms with Gasteiger partial charge in [-0.15, -0.1) is 0 Å². The molecule has 25 heavy (non-hydrogen) atoms. The summed E-state index contributed by atoms with van der Waals surface area (Å²) < 4.78 is 7.38. The van der Waals surface area contributed by atoms with Crippen molar-refractivity contribution in [3.63, 3.8) is 0 Å². The van der Waals surface area contributed by atoms with Crippen LogP contribution in [0.4, 0.5) is 5.69 Å². The SMILES string of the molecule is C[C@@H]1CC[C@@H](CCC(=O)Nc2cccc(Cn3ccccc3=O)c2)O1. The van der Waals surface area contributed by atoms with Crippen LogP contribution in [-0.2, 0) is 16.1 Å². The molecule has 2 heterocycles. The van der Waals surface area contributed by atoms with Gasteiger partial charge in [0.15, 0.2) is 0 Å². The first-order valence-electron chi connectivity index (χ1n) is 8.80. The second kappa shape index (κ2) is 8.12. The molecule has 1 fully saturated rings. The van der Waals surface area contributed by atoms with Gasteiger partial charge in [0.1, 0.15) is 0 Å². The van der Waals surface area contributed by atoms with Crippen LogP contribution in [0.1, 0.15) is 38.2 Å². The molecule has 0 bridgehead atoms. The zero-order valence-electron chi connectivity index (χ0n) is 14.5. The molecule has 0 saturated carbocycles. The maximum absolute atomic E-state index is 12.2. The normalized spacial score (nSPS) is 19.7. The maximum atomic E-state index is 12.2. The van der Waals surface area contributed by atoms with Crippen LogP contribution in [0.25, 0.3) is 0 Å². The molecule has 1 aliphatic rings. The molecule has 5 heteroatoms. The fourth-order valence-corrected chi connectivity index (χ4v) is 3.15. The van der Waals surface area contributed by atoms with Gasteiger partial charge in [-0.05, 0) is 49.9 Å². The molecule has 1 aliphatic heterocycles. The lowest BCUT2D eigenvalue weighted by Gasteiger charge is -2.12. The van der Waals surface area contributed by atoms with Crippen molar-refractivity contribution in [2.45, 2.75) is 51.4 Å². The molecule has 0 aliphatic carbocycles. The standard InChI is InChI=1S/C20H24N2O3/c1-15-8-9-18(25-15)10-11-19(23)21-17-6-4-5-16(13-17)14-22-12-3-2-7-20(22)24/h2-7,12-13,15,18H,8-11,14H2,1H3,(H,21,23)/t15-,18+/m1/s1. The van der Waals surface area contributed by atoms with E-state index in [9.17, 15) is 9.59 Å². The number of nitrogens with zero attached hydrogens (tertiary/aromatic N) is 1. The van der Waals surface area contributed by atoms with Crippen molar-refractivity contribution in [1.82, 2.24) is 4.57 Å². The first kappa shape index (κ1) is 17.4. The smallest absolute Gasteiger partial charge is 0.250 e. The Bertz CT molecular complexity index is 784. The Kier molecular flexibility index (Phi) is 5.66. The van der Waals surface area contributed by atoms with Crippen LogP contribution in [0, 0.1) is 0 Å². The number of nitrogens with one attached hydrogen (secondary N) is 1. The Balaban J connectivity index is 1.55. The van der Waals surface area contributed by atoms with E-state index in [1.54, 1.807) is 16.8 Å². The summed E-state index contributed by atoms with van der Waals surface area (Å²) in [5.41, 5.74) is 1.69. The predicted molar refractivity (Wildman–Crippen MR) is 97.7 cm³/mol. The van der Waals surface area contributed by atoms with Crippen LogP contribution in [-0.4, -0.2) is 22.7 Å². The van der Waals surface area contributed by atoms with Gasteiger partial charge in [-0.3, -0.25) is 9.59 Å². The van der Waals surface area contributed by atoms with Crippen molar-refractivity contribution >= 4 is 11.6 Å². The molecule has 0 spiro atoms. The molecule has 5 nitrogen and oxygen atoms in total. The molecule has 0 radical (unpaired) electrons. The fourth-order valence-electron chi connectivity index (χ4n) is 3.15. The number of hydrogen-bond donors (Lipinski definition) is 1. The van der Waals surface area contributed by atoms with Crippen molar-refractivity contribution in [1.29, 1.82) is 0 Å². The molecule has 1 N–H and O–H groups in total. The molecule has 2 atom stereocenters. The van der Waals surface area contributed by atoms with E-state index in [2.05, 4.69) is 12.2 Å². The summed E-state index contributed by atoms with van der Waals surface area (Å²) in [6.45, 7) is 2.56. The highest BCUT2D eigenvalue weighted by molar-refractivity contribution is 5.90. The Morgan fingerprint density at radius 2 is 2.12 bits per heavy atom. The third-order valence-electron chi connectivity index (χ3n) is 4.48. The van der Waals surface area contributed by atoms with E-state index >= 15 is 0 Å². The van der Waals surface area contributed by atoms with Crippen LogP contribution in [0.2, 0.25) is 0 Å². The highest BCUT2D eigenvalue weighted by Gasteiger charge is 2.22. The van der Waals surface area contributed by atoms with Gasteiger partial charge < -0.3 is 14.6 Å². The zero-order valence-corrected chi connectivity index (χ0v) is 14.5. The first-order chi connectivity index (χ1) is 12.1. The third kappa shape index (κ3) is 5.03. The summed E-state index contributed by atoms with van der Waals surface area (Å²) in [4.78, 5) is 24.0. The molecule has 3 rings (SSSR count). The molecular formula is C20H24N2O3. The third-order valence-corrected chi connectivity index (χ3v) is 4.48. The molecule has 1 amide bonds. The van der Waals surface area contributed by atoms with Crippen LogP contribution in [0.3, 0.4) is 0 Å². The van der Waals surface area contributed by atoms with E-state index in [1.807, 2.05) is 30.3 Å². The minimum absolute atomic E-state index is 0.00261. The molecule has 2 aromatic rings. The van der Waals surface area contributed by atoms with E-state index in [1.165, 1.54) is 6.07 Å². The van der Waals surface area contributed by atoms with Crippen molar-refractivity contribution < 1.29 is 9.53 Å². The summed E-state index contributed by atoms with van der Waals surface area (Å²) in [5, 5.41) is 2.94. The lowest BCUT2D eigenvalue weighted by Crippen LogP contribution is -2.18. The number of rotatable bonds is 6. The minimum atomic E-state index is -0.0391. The van der Waals surface area contributed by atoms with Crippen molar-refractivity contribution in [3.05, 3.63) is 64.6 Å².